The number of nitrogens with zero attached hydrogens (tertiary/aromatic N) is 3. The zero-order chi connectivity index (χ0) is 20.1. The Kier molecular flexibility index (Phi) is 5.79. The fourth-order valence-electron chi connectivity index (χ4n) is 3.34. The lowest BCUT2D eigenvalue weighted by molar-refractivity contribution is -0.0498. The number of aromatic nitrogens is 3. The largest absolute Gasteiger partial charge is 0.435 e. The molecule has 6 nitrogen and oxygen atoms in total. The van der Waals surface area contributed by atoms with Crippen molar-refractivity contribution in [2.45, 2.75) is 38.3 Å². The number of hydrogen-bond acceptors (Lipinski definition) is 6. The van der Waals surface area contributed by atoms with Crippen molar-refractivity contribution in [2.24, 2.45) is 0 Å². The van der Waals surface area contributed by atoms with Gasteiger partial charge in [0.2, 0.25) is 5.95 Å². The van der Waals surface area contributed by atoms with E-state index in [2.05, 4.69) is 30.3 Å². The Bertz CT molecular complexity index is 932. The molecule has 1 saturated carbocycles. The van der Waals surface area contributed by atoms with Gasteiger partial charge in [-0.1, -0.05) is 18.9 Å². The highest BCUT2D eigenvalue weighted by Gasteiger charge is 2.17. The van der Waals surface area contributed by atoms with Crippen molar-refractivity contribution in [3.8, 4) is 17.1 Å². The van der Waals surface area contributed by atoms with Crippen molar-refractivity contribution in [3.63, 3.8) is 0 Å². The van der Waals surface area contributed by atoms with Crippen LogP contribution in [-0.4, -0.2) is 27.6 Å². The van der Waals surface area contributed by atoms with Crippen LogP contribution in [0.3, 0.4) is 0 Å². The number of nitrogens with one attached hydrogen (secondary N) is 2. The van der Waals surface area contributed by atoms with Gasteiger partial charge >= 0.3 is 6.61 Å². The average Bonchev–Trinajstić information content (AvgIpc) is 3.23. The summed E-state index contributed by atoms with van der Waals surface area (Å²) in [5, 5.41) is 6.61. The molecule has 0 saturated heterocycles. The maximum atomic E-state index is 12.3. The third kappa shape index (κ3) is 5.16. The fraction of sp³-hybridized carbons (Fsp3) is 0.286. The van der Waals surface area contributed by atoms with Crippen molar-refractivity contribution in [1.29, 1.82) is 0 Å². The minimum atomic E-state index is -2.85. The van der Waals surface area contributed by atoms with Crippen molar-refractivity contribution in [1.82, 2.24) is 15.0 Å². The highest BCUT2D eigenvalue weighted by atomic mass is 19.3. The maximum Gasteiger partial charge on any atom is 0.387 e. The molecule has 3 aromatic rings. The van der Waals surface area contributed by atoms with Crippen molar-refractivity contribution in [2.75, 3.05) is 10.6 Å². The SMILES string of the molecule is FC(F)Oc1ccc(Nc2cc(-c3ccccn3)nc(NC3CCCC3)n2)cc1. The van der Waals surface area contributed by atoms with E-state index in [-0.39, 0.29) is 5.75 Å². The molecule has 4 rings (SSSR count). The molecule has 29 heavy (non-hydrogen) atoms. The molecule has 8 heteroatoms. The number of halogens is 2. The number of hydrogen-bond donors (Lipinski definition) is 2. The summed E-state index contributed by atoms with van der Waals surface area (Å²) in [6.45, 7) is -2.85. The third-order valence-corrected chi connectivity index (χ3v) is 4.69. The fourth-order valence-corrected chi connectivity index (χ4v) is 3.34. The molecule has 0 unspecified atom stereocenters. The Morgan fingerprint density at radius 3 is 2.45 bits per heavy atom. The van der Waals surface area contributed by atoms with Crippen LogP contribution in [0.25, 0.3) is 11.4 Å². The minimum absolute atomic E-state index is 0.103. The van der Waals surface area contributed by atoms with Crippen LogP contribution in [0.4, 0.5) is 26.2 Å². The summed E-state index contributed by atoms with van der Waals surface area (Å²) in [7, 11) is 0. The maximum absolute atomic E-state index is 12.3. The van der Waals surface area contributed by atoms with Gasteiger partial charge in [-0.25, -0.2) is 4.98 Å². The average molecular weight is 397 g/mol. The molecule has 2 aromatic heterocycles. The standard InChI is InChI=1S/C21H21F2N5O/c22-20(23)29-16-10-8-15(9-11-16)25-19-13-18(17-7-3-4-12-24-17)27-21(28-19)26-14-5-1-2-6-14/h3-4,7-14,20H,1-2,5-6H2,(H2,25,26,27,28). The van der Waals surface area contributed by atoms with E-state index in [1.807, 2.05) is 24.3 Å². The number of ether oxygens (including phenoxy) is 1. The molecule has 0 spiro atoms. The van der Waals surface area contributed by atoms with E-state index in [9.17, 15) is 8.78 Å². The third-order valence-electron chi connectivity index (χ3n) is 4.69. The second-order valence-corrected chi connectivity index (χ2v) is 6.83. The molecule has 0 atom stereocenters. The molecule has 1 aliphatic rings. The summed E-state index contributed by atoms with van der Waals surface area (Å²) in [6, 6.07) is 14.1. The minimum Gasteiger partial charge on any atom is -0.435 e. The zero-order valence-corrected chi connectivity index (χ0v) is 15.7. The number of pyridine rings is 1. The molecule has 2 N–H and O–H groups in total. The van der Waals surface area contributed by atoms with Crippen LogP contribution < -0.4 is 15.4 Å². The number of benzene rings is 1. The number of anilines is 3. The molecular weight excluding hydrogens is 376 g/mol. The summed E-state index contributed by atoms with van der Waals surface area (Å²) in [5.41, 5.74) is 2.14. The first-order chi connectivity index (χ1) is 14.2. The van der Waals surface area contributed by atoms with E-state index in [1.54, 1.807) is 18.3 Å². The van der Waals surface area contributed by atoms with E-state index in [1.165, 1.54) is 25.0 Å². The van der Waals surface area contributed by atoms with E-state index in [0.717, 1.165) is 18.5 Å². The summed E-state index contributed by atoms with van der Waals surface area (Å²) < 4.78 is 29.0. The lowest BCUT2D eigenvalue weighted by atomic mass is 10.2. The zero-order valence-electron chi connectivity index (χ0n) is 15.7. The molecule has 0 bridgehead atoms. The summed E-state index contributed by atoms with van der Waals surface area (Å²) in [4.78, 5) is 13.6. The van der Waals surface area contributed by atoms with Crippen LogP contribution in [0.15, 0.2) is 54.7 Å². The van der Waals surface area contributed by atoms with E-state index >= 15 is 0 Å². The van der Waals surface area contributed by atoms with Crippen molar-refractivity contribution >= 4 is 17.5 Å². The monoisotopic (exact) mass is 397 g/mol. The lowest BCUT2D eigenvalue weighted by Gasteiger charge is -2.15. The number of rotatable bonds is 7. The first-order valence-corrected chi connectivity index (χ1v) is 9.55. The molecule has 1 fully saturated rings. The van der Waals surface area contributed by atoms with Gasteiger partial charge in [-0.3, -0.25) is 4.98 Å². The van der Waals surface area contributed by atoms with Gasteiger partial charge in [0.25, 0.3) is 0 Å². The van der Waals surface area contributed by atoms with Gasteiger partial charge in [-0.15, -0.1) is 0 Å². The molecule has 0 radical (unpaired) electrons. The van der Waals surface area contributed by atoms with Gasteiger partial charge in [-0.05, 0) is 49.2 Å². The highest BCUT2D eigenvalue weighted by Crippen LogP contribution is 2.26. The Morgan fingerprint density at radius 1 is 0.966 bits per heavy atom. The van der Waals surface area contributed by atoms with Crippen molar-refractivity contribution < 1.29 is 13.5 Å². The van der Waals surface area contributed by atoms with Crippen LogP contribution in [0, 0.1) is 0 Å². The first-order valence-electron chi connectivity index (χ1n) is 9.55. The predicted molar refractivity (Wildman–Crippen MR) is 107 cm³/mol. The predicted octanol–water partition coefficient (Wildman–Crippen LogP) is 5.24. The van der Waals surface area contributed by atoms with E-state index in [0.29, 0.717) is 29.2 Å². The van der Waals surface area contributed by atoms with Gasteiger partial charge in [0.1, 0.15) is 11.6 Å². The molecule has 1 aromatic carbocycles. The molecular formula is C21H21F2N5O. The van der Waals surface area contributed by atoms with E-state index in [4.69, 9.17) is 0 Å². The summed E-state index contributed by atoms with van der Waals surface area (Å²) >= 11 is 0. The first kappa shape index (κ1) is 19.0. The highest BCUT2D eigenvalue weighted by molar-refractivity contribution is 5.65. The Hall–Kier alpha value is -3.29. The van der Waals surface area contributed by atoms with Gasteiger partial charge in [0.15, 0.2) is 0 Å². The number of alkyl halides is 2. The van der Waals surface area contributed by atoms with Crippen LogP contribution in [0.5, 0.6) is 5.75 Å². The van der Waals surface area contributed by atoms with Gasteiger partial charge in [0, 0.05) is 24.0 Å². The summed E-state index contributed by atoms with van der Waals surface area (Å²) in [5.74, 6) is 1.23. The van der Waals surface area contributed by atoms with Gasteiger partial charge < -0.3 is 15.4 Å². The van der Waals surface area contributed by atoms with Crippen LogP contribution >= 0.6 is 0 Å². The van der Waals surface area contributed by atoms with Gasteiger partial charge in [0.05, 0.1) is 11.4 Å². The van der Waals surface area contributed by atoms with Crippen LogP contribution in [0.1, 0.15) is 25.7 Å². The smallest absolute Gasteiger partial charge is 0.387 e. The van der Waals surface area contributed by atoms with E-state index < -0.39 is 6.61 Å². The quantitative estimate of drug-likeness (QED) is 0.568. The topological polar surface area (TPSA) is 72.0 Å². The Morgan fingerprint density at radius 2 is 1.76 bits per heavy atom. The lowest BCUT2D eigenvalue weighted by Crippen LogP contribution is -2.17. The molecule has 0 aliphatic heterocycles. The Labute approximate surface area is 167 Å². The second-order valence-electron chi connectivity index (χ2n) is 6.83. The van der Waals surface area contributed by atoms with Crippen LogP contribution in [-0.2, 0) is 0 Å². The normalized spacial score (nSPS) is 14.2. The molecule has 0 amide bonds. The second kappa shape index (κ2) is 8.81. The van der Waals surface area contributed by atoms with Crippen molar-refractivity contribution in [3.05, 3.63) is 54.7 Å². The molecule has 150 valence electrons. The Balaban J connectivity index is 1.59. The molecule has 1 aliphatic carbocycles. The van der Waals surface area contributed by atoms with Gasteiger partial charge in [-0.2, -0.15) is 13.8 Å². The summed E-state index contributed by atoms with van der Waals surface area (Å²) in [6.07, 6.45) is 6.33. The van der Waals surface area contributed by atoms with Crippen LogP contribution in [0.2, 0.25) is 0 Å². The molecule has 2 heterocycles.